The Bertz CT molecular complexity index is 1040. The smallest absolute Gasteiger partial charge is 0.335 e. The maximum atomic E-state index is 11.8. The zero-order valence-electron chi connectivity index (χ0n) is 16.9. The molecule has 0 aliphatic rings. The van der Waals surface area contributed by atoms with Gasteiger partial charge < -0.3 is 18.9 Å². The third-order valence-electron chi connectivity index (χ3n) is 3.72. The molecule has 2 aromatic carbocycles. The molecule has 0 heterocycles. The number of ether oxygens (including phenoxy) is 4. The van der Waals surface area contributed by atoms with E-state index < -0.39 is 23.9 Å². The van der Waals surface area contributed by atoms with E-state index in [2.05, 4.69) is 26.3 Å². The van der Waals surface area contributed by atoms with Crippen molar-refractivity contribution in [3.8, 4) is 34.1 Å². The van der Waals surface area contributed by atoms with E-state index in [1.54, 1.807) is 0 Å². The van der Waals surface area contributed by atoms with Crippen LogP contribution in [-0.2, 0) is 19.2 Å². The molecule has 0 unspecified atom stereocenters. The van der Waals surface area contributed by atoms with Gasteiger partial charge in [0.05, 0.1) is 0 Å². The van der Waals surface area contributed by atoms with E-state index in [9.17, 15) is 19.2 Å². The third-order valence-corrected chi connectivity index (χ3v) is 3.72. The second-order valence-corrected chi connectivity index (χ2v) is 5.82. The first-order valence-corrected chi connectivity index (χ1v) is 8.96. The van der Waals surface area contributed by atoms with Crippen LogP contribution in [0.5, 0.6) is 23.0 Å². The lowest BCUT2D eigenvalue weighted by Gasteiger charge is -2.15. The fourth-order valence-corrected chi connectivity index (χ4v) is 2.36. The Labute approximate surface area is 183 Å². The first-order chi connectivity index (χ1) is 15.3. The lowest BCUT2D eigenvalue weighted by atomic mass is 10.0. The lowest BCUT2D eigenvalue weighted by Crippen LogP contribution is -2.08. The Hall–Kier alpha value is -4.72. The van der Waals surface area contributed by atoms with Crippen molar-refractivity contribution in [1.29, 1.82) is 0 Å². The monoisotopic (exact) mass is 434 g/mol. The van der Waals surface area contributed by atoms with Gasteiger partial charge in [-0.3, -0.25) is 0 Å². The van der Waals surface area contributed by atoms with Gasteiger partial charge >= 0.3 is 23.9 Å². The fourth-order valence-electron chi connectivity index (χ4n) is 2.36. The molecule has 32 heavy (non-hydrogen) atoms. The minimum atomic E-state index is -0.778. The fraction of sp³-hybridized carbons (Fsp3) is 0. The summed E-state index contributed by atoms with van der Waals surface area (Å²) < 4.78 is 20.7. The first-order valence-electron chi connectivity index (χ1n) is 8.96. The number of benzene rings is 2. The van der Waals surface area contributed by atoms with Crippen molar-refractivity contribution in [2.45, 2.75) is 0 Å². The van der Waals surface area contributed by atoms with E-state index in [1.165, 1.54) is 36.4 Å². The Morgan fingerprint density at radius 2 is 0.844 bits per heavy atom. The van der Waals surface area contributed by atoms with Crippen molar-refractivity contribution >= 4 is 23.9 Å². The summed E-state index contributed by atoms with van der Waals surface area (Å²) in [6, 6.07) is 8.42. The molecule has 0 N–H and O–H groups in total. The third kappa shape index (κ3) is 6.14. The van der Waals surface area contributed by atoms with E-state index in [-0.39, 0.29) is 23.0 Å². The number of rotatable bonds is 9. The minimum Gasteiger partial charge on any atom is -0.423 e. The summed E-state index contributed by atoms with van der Waals surface area (Å²) in [5.41, 5.74) is 0.596. The zero-order chi connectivity index (χ0) is 23.7. The number of carbonyl (C=O) groups excluding carboxylic acids is 4. The van der Waals surface area contributed by atoms with Gasteiger partial charge in [-0.1, -0.05) is 26.3 Å². The highest BCUT2D eigenvalue weighted by Crippen LogP contribution is 2.40. The molecule has 0 aromatic heterocycles. The van der Waals surface area contributed by atoms with Crippen LogP contribution in [0.1, 0.15) is 0 Å². The lowest BCUT2D eigenvalue weighted by molar-refractivity contribution is -0.130. The highest BCUT2D eigenvalue weighted by atomic mass is 16.6. The standard InChI is InChI=1S/C24H18O8/c1-5-21(25)29-15-9-11-17(19(13-15)31-23(27)7-3)18-12-10-16(30-22(26)6-2)14-20(18)32-24(28)8-4/h5-14H,1-4H2. The molecular weight excluding hydrogens is 416 g/mol. The van der Waals surface area contributed by atoms with Crippen LogP contribution in [0.15, 0.2) is 87.0 Å². The molecule has 8 nitrogen and oxygen atoms in total. The molecule has 8 heteroatoms. The maximum Gasteiger partial charge on any atom is 0.335 e. The molecule has 2 rings (SSSR count). The molecule has 0 saturated carbocycles. The normalized spacial score (nSPS) is 9.62. The van der Waals surface area contributed by atoms with E-state index >= 15 is 0 Å². The molecule has 0 fully saturated rings. The summed E-state index contributed by atoms with van der Waals surface area (Å²) in [4.78, 5) is 46.7. The van der Waals surface area contributed by atoms with Crippen molar-refractivity contribution < 1.29 is 38.1 Å². The van der Waals surface area contributed by atoms with Crippen LogP contribution in [0.2, 0.25) is 0 Å². The predicted octanol–water partition coefficient (Wildman–Crippen LogP) is 3.72. The molecule has 2 aromatic rings. The molecule has 0 amide bonds. The van der Waals surface area contributed by atoms with E-state index in [0.717, 1.165) is 24.3 Å². The summed E-state index contributed by atoms with van der Waals surface area (Å²) in [7, 11) is 0. The van der Waals surface area contributed by atoms with Gasteiger partial charge in [-0.15, -0.1) is 0 Å². The molecule has 0 radical (unpaired) electrons. The van der Waals surface area contributed by atoms with E-state index in [4.69, 9.17) is 18.9 Å². The Kier molecular flexibility index (Phi) is 8.01. The summed E-state index contributed by atoms with van der Waals surface area (Å²) in [6.45, 7) is 13.3. The minimum absolute atomic E-state index is 0.0176. The number of carbonyl (C=O) groups is 4. The molecule has 0 atom stereocenters. The quantitative estimate of drug-likeness (QED) is 0.334. The largest absolute Gasteiger partial charge is 0.423 e. The van der Waals surface area contributed by atoms with Crippen LogP contribution in [0.4, 0.5) is 0 Å². The predicted molar refractivity (Wildman–Crippen MR) is 115 cm³/mol. The Balaban J connectivity index is 2.63. The summed E-state index contributed by atoms with van der Waals surface area (Å²) in [5.74, 6) is -2.87. The summed E-state index contributed by atoms with van der Waals surface area (Å²) >= 11 is 0. The number of esters is 4. The second-order valence-electron chi connectivity index (χ2n) is 5.82. The SMILES string of the molecule is C=CC(=O)Oc1ccc(-c2ccc(OC(=O)C=C)cc2OC(=O)C=C)c(OC(=O)C=C)c1. The van der Waals surface area contributed by atoms with Crippen LogP contribution in [0.25, 0.3) is 11.1 Å². The van der Waals surface area contributed by atoms with Gasteiger partial charge in [-0.25, -0.2) is 19.2 Å². The van der Waals surface area contributed by atoms with Crippen molar-refractivity contribution in [1.82, 2.24) is 0 Å². The van der Waals surface area contributed by atoms with E-state index in [1.807, 2.05) is 0 Å². The van der Waals surface area contributed by atoms with Crippen molar-refractivity contribution in [3.05, 3.63) is 87.0 Å². The Morgan fingerprint density at radius 3 is 1.16 bits per heavy atom. The first kappa shape index (κ1) is 23.6. The van der Waals surface area contributed by atoms with Crippen molar-refractivity contribution in [2.75, 3.05) is 0 Å². The van der Waals surface area contributed by atoms with E-state index in [0.29, 0.717) is 11.1 Å². The molecule has 0 bridgehead atoms. The zero-order valence-corrected chi connectivity index (χ0v) is 16.9. The van der Waals surface area contributed by atoms with Gasteiger partial charge in [0, 0.05) is 47.6 Å². The number of hydrogen-bond acceptors (Lipinski definition) is 8. The van der Waals surface area contributed by atoms with Crippen LogP contribution in [0.3, 0.4) is 0 Å². The second kappa shape index (κ2) is 10.9. The van der Waals surface area contributed by atoms with Crippen LogP contribution < -0.4 is 18.9 Å². The molecular formula is C24H18O8. The Morgan fingerprint density at radius 1 is 0.531 bits per heavy atom. The van der Waals surface area contributed by atoms with Gasteiger partial charge in [0.25, 0.3) is 0 Å². The van der Waals surface area contributed by atoms with Gasteiger partial charge in [-0.2, -0.15) is 0 Å². The maximum absolute atomic E-state index is 11.8. The molecule has 0 spiro atoms. The number of hydrogen-bond donors (Lipinski definition) is 0. The van der Waals surface area contributed by atoms with Gasteiger partial charge in [0.2, 0.25) is 0 Å². The average molecular weight is 434 g/mol. The summed E-state index contributed by atoms with van der Waals surface area (Å²) in [6.07, 6.45) is 3.84. The molecule has 0 aliphatic carbocycles. The van der Waals surface area contributed by atoms with Gasteiger partial charge in [0.15, 0.2) is 0 Å². The highest BCUT2D eigenvalue weighted by molar-refractivity contribution is 5.90. The van der Waals surface area contributed by atoms with Gasteiger partial charge in [-0.05, 0) is 24.3 Å². The van der Waals surface area contributed by atoms with Crippen LogP contribution >= 0.6 is 0 Å². The van der Waals surface area contributed by atoms with Crippen LogP contribution in [-0.4, -0.2) is 23.9 Å². The molecule has 0 saturated heterocycles. The van der Waals surface area contributed by atoms with Crippen molar-refractivity contribution in [2.24, 2.45) is 0 Å². The molecule has 0 aliphatic heterocycles. The average Bonchev–Trinajstić information content (AvgIpc) is 2.79. The highest BCUT2D eigenvalue weighted by Gasteiger charge is 2.18. The summed E-state index contributed by atoms with van der Waals surface area (Å²) in [5, 5.41) is 0. The van der Waals surface area contributed by atoms with Crippen molar-refractivity contribution in [3.63, 3.8) is 0 Å². The topological polar surface area (TPSA) is 105 Å². The van der Waals surface area contributed by atoms with Gasteiger partial charge in [0.1, 0.15) is 23.0 Å². The van der Waals surface area contributed by atoms with Crippen LogP contribution in [0, 0.1) is 0 Å². The molecule has 162 valence electrons.